The highest BCUT2D eigenvalue weighted by Crippen LogP contribution is 2.21. The van der Waals surface area contributed by atoms with Crippen molar-refractivity contribution in [3.05, 3.63) is 48.8 Å². The Kier molecular flexibility index (Phi) is 5.31. The summed E-state index contributed by atoms with van der Waals surface area (Å²) < 4.78 is 2.00. The Hall–Kier alpha value is -2.17. The quantitative estimate of drug-likeness (QED) is 0.891. The van der Waals surface area contributed by atoms with Crippen LogP contribution in [0, 0.1) is 5.41 Å². The van der Waals surface area contributed by atoms with Crippen LogP contribution in [-0.2, 0) is 17.8 Å². The first-order valence-corrected chi connectivity index (χ1v) is 7.59. The topological polar surface area (TPSA) is 59.8 Å². The molecule has 2 rings (SSSR count). The Balaban J connectivity index is 1.90. The summed E-state index contributed by atoms with van der Waals surface area (Å²) in [5.74, 6) is 0.0804. The summed E-state index contributed by atoms with van der Waals surface area (Å²) in [5, 5.41) is 3.16. The van der Waals surface area contributed by atoms with Crippen molar-refractivity contribution >= 4 is 5.91 Å². The maximum atomic E-state index is 12.3. The number of nitrogens with zero attached hydrogens (tertiary/aromatic N) is 3. The number of rotatable bonds is 6. The molecule has 5 heteroatoms. The number of aryl methyl sites for hydroxylation is 1. The molecule has 1 amide bonds. The summed E-state index contributed by atoms with van der Waals surface area (Å²) in [6.45, 7) is 7.14. The minimum absolute atomic E-state index is 0.0173. The van der Waals surface area contributed by atoms with Crippen LogP contribution < -0.4 is 5.32 Å². The molecular weight excluding hydrogens is 276 g/mol. The van der Waals surface area contributed by atoms with Crippen molar-refractivity contribution in [2.24, 2.45) is 5.41 Å². The molecule has 1 atom stereocenters. The van der Waals surface area contributed by atoms with E-state index >= 15 is 0 Å². The van der Waals surface area contributed by atoms with Gasteiger partial charge in [-0.1, -0.05) is 20.8 Å². The summed E-state index contributed by atoms with van der Waals surface area (Å²) in [5.41, 5.74) is 1.11. The summed E-state index contributed by atoms with van der Waals surface area (Å²) in [6.07, 6.45) is 10.2. The number of hydrogen-bond acceptors (Lipinski definition) is 3. The van der Waals surface area contributed by atoms with Gasteiger partial charge in [0.25, 0.3) is 0 Å². The van der Waals surface area contributed by atoms with E-state index in [1.165, 1.54) is 0 Å². The molecule has 0 fully saturated rings. The smallest absolute Gasteiger partial charge is 0.220 e. The van der Waals surface area contributed by atoms with Crippen molar-refractivity contribution in [3.8, 4) is 0 Å². The third-order valence-electron chi connectivity index (χ3n) is 3.72. The second kappa shape index (κ2) is 7.20. The minimum Gasteiger partial charge on any atom is -0.351 e. The molecule has 0 saturated carbocycles. The second-order valence-corrected chi connectivity index (χ2v) is 6.60. The van der Waals surface area contributed by atoms with Gasteiger partial charge in [-0.15, -0.1) is 0 Å². The third kappa shape index (κ3) is 4.98. The van der Waals surface area contributed by atoms with Crippen LogP contribution in [0.3, 0.4) is 0 Å². The van der Waals surface area contributed by atoms with E-state index in [2.05, 4.69) is 36.1 Å². The van der Waals surface area contributed by atoms with Crippen LogP contribution >= 0.6 is 0 Å². The van der Waals surface area contributed by atoms with E-state index in [0.29, 0.717) is 6.42 Å². The molecule has 0 spiro atoms. The van der Waals surface area contributed by atoms with Gasteiger partial charge in [0.1, 0.15) is 0 Å². The first-order chi connectivity index (χ1) is 10.4. The Bertz CT molecular complexity index is 572. The molecule has 22 heavy (non-hydrogen) atoms. The average molecular weight is 300 g/mol. The number of aromatic nitrogens is 3. The average Bonchev–Trinajstić information content (AvgIpc) is 2.98. The van der Waals surface area contributed by atoms with E-state index in [1.54, 1.807) is 24.9 Å². The third-order valence-corrected chi connectivity index (χ3v) is 3.72. The van der Waals surface area contributed by atoms with E-state index in [4.69, 9.17) is 0 Å². The molecule has 2 aromatic rings. The standard InChI is InChI=1S/C17H24N4O/c1-17(2,3)15(12-21-11-10-19-13-21)20-16(22)5-4-14-6-8-18-9-7-14/h6-11,13,15H,4-5,12H2,1-3H3,(H,20,22). The van der Waals surface area contributed by atoms with Gasteiger partial charge in [0.15, 0.2) is 0 Å². The summed E-state index contributed by atoms with van der Waals surface area (Å²) in [6, 6.07) is 3.95. The highest BCUT2D eigenvalue weighted by Gasteiger charge is 2.26. The van der Waals surface area contributed by atoms with E-state index in [0.717, 1.165) is 18.5 Å². The summed E-state index contributed by atoms with van der Waals surface area (Å²) >= 11 is 0. The number of amides is 1. The molecule has 0 aromatic carbocycles. The molecule has 1 N–H and O–H groups in total. The molecule has 0 aliphatic heterocycles. The van der Waals surface area contributed by atoms with Crippen LogP contribution in [0.15, 0.2) is 43.2 Å². The van der Waals surface area contributed by atoms with Crippen molar-refractivity contribution in [1.82, 2.24) is 19.9 Å². The molecule has 0 aliphatic carbocycles. The van der Waals surface area contributed by atoms with Gasteiger partial charge < -0.3 is 9.88 Å². The zero-order valence-electron chi connectivity index (χ0n) is 13.5. The lowest BCUT2D eigenvalue weighted by Crippen LogP contribution is -2.46. The fraction of sp³-hybridized carbons (Fsp3) is 0.471. The van der Waals surface area contributed by atoms with Crippen molar-refractivity contribution in [3.63, 3.8) is 0 Å². The van der Waals surface area contributed by atoms with Crippen LogP contribution in [0.1, 0.15) is 32.8 Å². The van der Waals surface area contributed by atoms with Crippen molar-refractivity contribution in [2.45, 2.75) is 46.2 Å². The van der Waals surface area contributed by atoms with Crippen molar-refractivity contribution < 1.29 is 4.79 Å². The lowest BCUT2D eigenvalue weighted by molar-refractivity contribution is -0.122. The Morgan fingerprint density at radius 1 is 1.23 bits per heavy atom. The second-order valence-electron chi connectivity index (χ2n) is 6.60. The van der Waals surface area contributed by atoms with Crippen LogP contribution in [0.2, 0.25) is 0 Å². The fourth-order valence-corrected chi connectivity index (χ4v) is 2.22. The fourth-order valence-electron chi connectivity index (χ4n) is 2.22. The number of nitrogens with one attached hydrogen (secondary N) is 1. The Morgan fingerprint density at radius 2 is 1.95 bits per heavy atom. The maximum Gasteiger partial charge on any atom is 0.220 e. The molecule has 5 nitrogen and oxygen atoms in total. The van der Waals surface area contributed by atoms with Gasteiger partial charge in [-0.2, -0.15) is 0 Å². The highest BCUT2D eigenvalue weighted by atomic mass is 16.1. The van der Waals surface area contributed by atoms with E-state index < -0.39 is 0 Å². The maximum absolute atomic E-state index is 12.3. The van der Waals surface area contributed by atoms with Gasteiger partial charge in [0.05, 0.1) is 12.4 Å². The van der Waals surface area contributed by atoms with Gasteiger partial charge in [-0.05, 0) is 29.5 Å². The molecule has 2 heterocycles. The lowest BCUT2D eigenvalue weighted by atomic mass is 9.86. The largest absolute Gasteiger partial charge is 0.351 e. The van der Waals surface area contributed by atoms with Gasteiger partial charge in [0.2, 0.25) is 5.91 Å². The van der Waals surface area contributed by atoms with E-state index in [1.807, 2.05) is 22.9 Å². The number of hydrogen-bond donors (Lipinski definition) is 1. The van der Waals surface area contributed by atoms with Crippen LogP contribution in [0.5, 0.6) is 0 Å². The predicted molar refractivity (Wildman–Crippen MR) is 86.2 cm³/mol. The molecular formula is C17H24N4O. The first kappa shape index (κ1) is 16.2. The van der Waals surface area contributed by atoms with E-state index in [-0.39, 0.29) is 17.4 Å². The molecule has 0 saturated heterocycles. The van der Waals surface area contributed by atoms with Gasteiger partial charge in [-0.25, -0.2) is 4.98 Å². The molecule has 0 aliphatic rings. The predicted octanol–water partition coefficient (Wildman–Crippen LogP) is 2.44. The molecule has 0 radical (unpaired) electrons. The SMILES string of the molecule is CC(C)(C)C(Cn1ccnc1)NC(=O)CCc1ccncc1. The number of carbonyl (C=O) groups is 1. The van der Waals surface area contributed by atoms with Gasteiger partial charge in [0, 0.05) is 37.8 Å². The van der Waals surface area contributed by atoms with Crippen molar-refractivity contribution in [2.75, 3.05) is 0 Å². The first-order valence-electron chi connectivity index (χ1n) is 7.59. The Morgan fingerprint density at radius 3 is 2.55 bits per heavy atom. The van der Waals surface area contributed by atoms with Gasteiger partial charge in [-0.3, -0.25) is 9.78 Å². The zero-order chi connectivity index (χ0) is 16.0. The number of pyridine rings is 1. The molecule has 1 unspecified atom stereocenters. The normalized spacial score (nSPS) is 12.9. The van der Waals surface area contributed by atoms with E-state index in [9.17, 15) is 4.79 Å². The molecule has 2 aromatic heterocycles. The summed E-state index contributed by atoms with van der Waals surface area (Å²) in [4.78, 5) is 20.3. The summed E-state index contributed by atoms with van der Waals surface area (Å²) in [7, 11) is 0. The molecule has 0 bridgehead atoms. The van der Waals surface area contributed by atoms with Crippen LogP contribution in [0.4, 0.5) is 0 Å². The Labute approximate surface area is 131 Å². The van der Waals surface area contributed by atoms with Crippen LogP contribution in [0.25, 0.3) is 0 Å². The highest BCUT2D eigenvalue weighted by molar-refractivity contribution is 5.76. The van der Waals surface area contributed by atoms with Crippen molar-refractivity contribution in [1.29, 1.82) is 0 Å². The number of carbonyl (C=O) groups excluding carboxylic acids is 1. The van der Waals surface area contributed by atoms with Crippen LogP contribution in [-0.4, -0.2) is 26.5 Å². The zero-order valence-corrected chi connectivity index (χ0v) is 13.5. The van der Waals surface area contributed by atoms with Gasteiger partial charge >= 0.3 is 0 Å². The lowest BCUT2D eigenvalue weighted by Gasteiger charge is -2.31. The monoisotopic (exact) mass is 300 g/mol. The minimum atomic E-state index is -0.0173. The number of imidazole rings is 1. The molecule has 118 valence electrons.